The second kappa shape index (κ2) is 5.18. The fourth-order valence-electron chi connectivity index (χ4n) is 2.75. The lowest BCUT2D eigenvalue weighted by atomic mass is 9.96. The number of aromatic nitrogens is 2. The highest BCUT2D eigenvalue weighted by molar-refractivity contribution is 5.92. The Kier molecular flexibility index (Phi) is 3.52. The third kappa shape index (κ3) is 2.71. The molecular weight excluding hydrogens is 258 g/mol. The number of nitrogens with one attached hydrogen (secondary N) is 1. The zero-order valence-corrected chi connectivity index (χ0v) is 11.5. The van der Waals surface area contributed by atoms with E-state index < -0.39 is 5.60 Å². The lowest BCUT2D eigenvalue weighted by molar-refractivity contribution is -0.0250. The monoisotopic (exact) mass is 279 g/mol. The molecule has 0 bridgehead atoms. The van der Waals surface area contributed by atoms with E-state index in [4.69, 9.17) is 0 Å². The molecule has 0 unspecified atom stereocenters. The van der Waals surface area contributed by atoms with Crippen molar-refractivity contribution in [1.82, 2.24) is 15.1 Å². The summed E-state index contributed by atoms with van der Waals surface area (Å²) < 4.78 is 0. The van der Waals surface area contributed by atoms with Crippen LogP contribution in [0.1, 0.15) is 54.2 Å². The third-order valence-corrected chi connectivity index (χ3v) is 4.33. The highest BCUT2D eigenvalue weighted by Crippen LogP contribution is 2.39. The van der Waals surface area contributed by atoms with Gasteiger partial charge in [-0.3, -0.25) is 9.89 Å². The maximum absolute atomic E-state index is 12.4. The zero-order chi connectivity index (χ0) is 14.2. The summed E-state index contributed by atoms with van der Waals surface area (Å²) in [5, 5.41) is 26.4. The van der Waals surface area contributed by atoms with Gasteiger partial charge in [-0.15, -0.1) is 0 Å². The van der Waals surface area contributed by atoms with Crippen molar-refractivity contribution < 1.29 is 15.0 Å². The predicted molar refractivity (Wildman–Crippen MR) is 72.4 cm³/mol. The summed E-state index contributed by atoms with van der Waals surface area (Å²) in [7, 11) is 0. The Hall–Kier alpha value is -1.40. The summed E-state index contributed by atoms with van der Waals surface area (Å²) in [6.45, 7) is 0.817. The van der Waals surface area contributed by atoms with Gasteiger partial charge in [0, 0.05) is 24.7 Å². The van der Waals surface area contributed by atoms with Gasteiger partial charge in [-0.2, -0.15) is 5.10 Å². The maximum Gasteiger partial charge on any atom is 0.274 e. The fraction of sp³-hybridized carbons (Fsp3) is 0.714. The highest BCUT2D eigenvalue weighted by atomic mass is 16.3. The van der Waals surface area contributed by atoms with E-state index in [1.807, 2.05) is 6.07 Å². The molecule has 1 aromatic heterocycles. The Labute approximate surface area is 117 Å². The minimum absolute atomic E-state index is 0.0876. The van der Waals surface area contributed by atoms with Crippen LogP contribution in [0.3, 0.4) is 0 Å². The van der Waals surface area contributed by atoms with Crippen molar-refractivity contribution in [2.45, 2.75) is 43.6 Å². The highest BCUT2D eigenvalue weighted by Gasteiger charge is 2.32. The lowest BCUT2D eigenvalue weighted by Gasteiger charge is -2.24. The van der Waals surface area contributed by atoms with Gasteiger partial charge in [0.2, 0.25) is 0 Å². The van der Waals surface area contributed by atoms with E-state index >= 15 is 0 Å². The number of nitrogens with zero attached hydrogens (tertiary/aromatic N) is 2. The van der Waals surface area contributed by atoms with Gasteiger partial charge in [0.15, 0.2) is 0 Å². The summed E-state index contributed by atoms with van der Waals surface area (Å²) in [6.07, 6.45) is 3.98. The number of hydrogen-bond acceptors (Lipinski definition) is 4. The minimum atomic E-state index is -1.04. The molecule has 1 saturated heterocycles. The van der Waals surface area contributed by atoms with Gasteiger partial charge in [0.05, 0.1) is 12.2 Å². The molecule has 1 aliphatic heterocycles. The molecule has 20 heavy (non-hydrogen) atoms. The van der Waals surface area contributed by atoms with Crippen molar-refractivity contribution in [3.05, 3.63) is 17.5 Å². The van der Waals surface area contributed by atoms with Crippen LogP contribution in [-0.4, -0.2) is 56.5 Å². The molecule has 0 spiro atoms. The zero-order valence-electron chi connectivity index (χ0n) is 11.5. The van der Waals surface area contributed by atoms with E-state index in [-0.39, 0.29) is 12.5 Å². The first-order chi connectivity index (χ1) is 9.61. The maximum atomic E-state index is 12.4. The molecule has 0 radical (unpaired) electrons. The van der Waals surface area contributed by atoms with E-state index in [2.05, 4.69) is 10.2 Å². The number of carbonyl (C=O) groups excluding carboxylic acids is 1. The number of amides is 1. The molecule has 110 valence electrons. The Morgan fingerprint density at radius 3 is 2.95 bits per heavy atom. The van der Waals surface area contributed by atoms with Gasteiger partial charge >= 0.3 is 0 Å². The van der Waals surface area contributed by atoms with E-state index in [9.17, 15) is 15.0 Å². The van der Waals surface area contributed by atoms with Gasteiger partial charge in [0.1, 0.15) is 5.69 Å². The van der Waals surface area contributed by atoms with E-state index in [1.54, 1.807) is 4.90 Å². The second-order valence-electron chi connectivity index (χ2n) is 6.01. The van der Waals surface area contributed by atoms with Crippen LogP contribution in [0.2, 0.25) is 0 Å². The average Bonchev–Trinajstić information content (AvgIpc) is 3.22. The molecule has 2 heterocycles. The van der Waals surface area contributed by atoms with Gasteiger partial charge in [-0.1, -0.05) is 0 Å². The first-order valence-electron chi connectivity index (χ1n) is 7.29. The number of hydrogen-bond donors (Lipinski definition) is 3. The van der Waals surface area contributed by atoms with Gasteiger partial charge < -0.3 is 15.1 Å². The van der Waals surface area contributed by atoms with Crippen LogP contribution in [0.5, 0.6) is 0 Å². The number of likely N-dealkylation sites (tertiary alicyclic amines) is 1. The van der Waals surface area contributed by atoms with E-state index in [0.717, 1.165) is 5.69 Å². The Morgan fingerprint density at radius 2 is 2.25 bits per heavy atom. The molecule has 0 aromatic carbocycles. The Bertz CT molecular complexity index is 498. The van der Waals surface area contributed by atoms with Crippen LogP contribution in [0.4, 0.5) is 0 Å². The molecular formula is C14H21N3O3. The van der Waals surface area contributed by atoms with Crippen LogP contribution < -0.4 is 0 Å². The van der Waals surface area contributed by atoms with Gasteiger partial charge in [-0.05, 0) is 38.2 Å². The standard InChI is InChI=1S/C14H21N3O3/c18-9-14(20)4-1-6-17(7-5-14)13(19)12-8-11(15-16-12)10-2-3-10/h8,10,18,20H,1-7,9H2,(H,15,16)/t14-/m1/s1. The van der Waals surface area contributed by atoms with Crippen molar-refractivity contribution >= 4 is 5.91 Å². The Morgan fingerprint density at radius 1 is 1.45 bits per heavy atom. The largest absolute Gasteiger partial charge is 0.393 e. The second-order valence-corrected chi connectivity index (χ2v) is 6.01. The molecule has 3 rings (SSSR count). The van der Waals surface area contributed by atoms with E-state index in [0.29, 0.717) is 44.0 Å². The number of rotatable bonds is 3. The summed E-state index contributed by atoms with van der Waals surface area (Å²) in [4.78, 5) is 14.1. The minimum Gasteiger partial charge on any atom is -0.393 e. The number of aliphatic hydroxyl groups is 2. The van der Waals surface area contributed by atoms with Crippen molar-refractivity contribution in [3.63, 3.8) is 0 Å². The van der Waals surface area contributed by atoms with Crippen LogP contribution in [0.25, 0.3) is 0 Å². The topological polar surface area (TPSA) is 89.5 Å². The quantitative estimate of drug-likeness (QED) is 0.757. The van der Waals surface area contributed by atoms with Crippen LogP contribution >= 0.6 is 0 Å². The molecule has 6 nitrogen and oxygen atoms in total. The van der Waals surface area contributed by atoms with Gasteiger partial charge in [0.25, 0.3) is 5.91 Å². The Balaban J connectivity index is 1.66. The number of aliphatic hydroxyl groups excluding tert-OH is 1. The SMILES string of the molecule is O=C(c1cc(C2CC2)[nH]n1)N1CCC[C@](O)(CO)CC1. The molecule has 3 N–H and O–H groups in total. The predicted octanol–water partition coefficient (Wildman–Crippen LogP) is 0.637. The smallest absolute Gasteiger partial charge is 0.274 e. The molecule has 6 heteroatoms. The van der Waals surface area contributed by atoms with Gasteiger partial charge in [-0.25, -0.2) is 0 Å². The summed E-state index contributed by atoms with van der Waals surface area (Å²) in [5.74, 6) is 0.461. The fourth-order valence-corrected chi connectivity index (χ4v) is 2.75. The van der Waals surface area contributed by atoms with Crippen molar-refractivity contribution in [2.24, 2.45) is 0 Å². The molecule has 1 saturated carbocycles. The lowest BCUT2D eigenvalue weighted by Crippen LogP contribution is -2.36. The molecule has 1 amide bonds. The number of carbonyl (C=O) groups is 1. The van der Waals surface area contributed by atoms with Crippen LogP contribution in [0.15, 0.2) is 6.07 Å². The normalized spacial score (nSPS) is 27.4. The van der Waals surface area contributed by atoms with E-state index in [1.165, 1.54) is 12.8 Å². The first kappa shape index (κ1) is 13.6. The molecule has 1 aliphatic carbocycles. The third-order valence-electron chi connectivity index (χ3n) is 4.33. The summed E-state index contributed by atoms with van der Waals surface area (Å²) in [5.41, 5.74) is 0.469. The van der Waals surface area contributed by atoms with Crippen LogP contribution in [-0.2, 0) is 0 Å². The first-order valence-corrected chi connectivity index (χ1v) is 7.29. The molecule has 1 aromatic rings. The van der Waals surface area contributed by atoms with Crippen molar-refractivity contribution in [1.29, 1.82) is 0 Å². The number of H-pyrrole nitrogens is 1. The van der Waals surface area contributed by atoms with Crippen molar-refractivity contribution in [2.75, 3.05) is 19.7 Å². The van der Waals surface area contributed by atoms with Crippen LogP contribution in [0, 0.1) is 0 Å². The van der Waals surface area contributed by atoms with Crippen molar-refractivity contribution in [3.8, 4) is 0 Å². The molecule has 2 fully saturated rings. The number of aromatic amines is 1. The average molecular weight is 279 g/mol. The summed E-state index contributed by atoms with van der Waals surface area (Å²) in [6, 6.07) is 1.85. The summed E-state index contributed by atoms with van der Waals surface area (Å²) >= 11 is 0. The molecule has 1 atom stereocenters. The molecule has 2 aliphatic rings.